The molecule has 2 aliphatic rings. The predicted molar refractivity (Wildman–Crippen MR) is 69.7 cm³/mol. The van der Waals surface area contributed by atoms with E-state index in [0.29, 0.717) is 5.41 Å². The first-order valence-electron chi connectivity index (χ1n) is 7.01. The van der Waals surface area contributed by atoms with Gasteiger partial charge >= 0.3 is 0 Å². The van der Waals surface area contributed by atoms with E-state index in [1.165, 1.54) is 51.6 Å². The molecule has 0 aromatic heterocycles. The highest BCUT2D eigenvalue weighted by Crippen LogP contribution is 2.35. The third-order valence-corrected chi connectivity index (χ3v) is 4.73. The topological polar surface area (TPSA) is 15.3 Å². The van der Waals surface area contributed by atoms with Crippen molar-refractivity contribution in [3.63, 3.8) is 0 Å². The summed E-state index contributed by atoms with van der Waals surface area (Å²) in [5.74, 6) is 0. The fourth-order valence-corrected chi connectivity index (χ4v) is 3.34. The molecule has 1 aliphatic carbocycles. The Labute approximate surface area is 101 Å². The van der Waals surface area contributed by atoms with Crippen LogP contribution < -0.4 is 5.32 Å². The molecule has 2 unspecified atom stereocenters. The summed E-state index contributed by atoms with van der Waals surface area (Å²) in [5, 5.41) is 3.48. The van der Waals surface area contributed by atoms with Crippen LogP contribution in [0.1, 0.15) is 52.4 Å². The minimum atomic E-state index is 0.587. The van der Waals surface area contributed by atoms with Gasteiger partial charge in [0.2, 0.25) is 0 Å². The van der Waals surface area contributed by atoms with Crippen molar-refractivity contribution in [2.75, 3.05) is 20.1 Å². The van der Waals surface area contributed by atoms with E-state index in [1.54, 1.807) is 0 Å². The predicted octanol–water partition coefficient (Wildman–Crippen LogP) is 2.64. The van der Waals surface area contributed by atoms with E-state index in [9.17, 15) is 0 Å². The average molecular weight is 224 g/mol. The Kier molecular flexibility index (Phi) is 3.91. The molecule has 2 fully saturated rings. The highest BCUT2D eigenvalue weighted by Gasteiger charge is 2.29. The number of nitrogens with zero attached hydrogens (tertiary/aromatic N) is 1. The van der Waals surface area contributed by atoms with Crippen molar-refractivity contribution in [3.05, 3.63) is 0 Å². The van der Waals surface area contributed by atoms with Gasteiger partial charge in [-0.2, -0.15) is 0 Å². The maximum atomic E-state index is 3.48. The lowest BCUT2D eigenvalue weighted by Gasteiger charge is -2.32. The molecule has 16 heavy (non-hydrogen) atoms. The van der Waals surface area contributed by atoms with E-state index in [-0.39, 0.29) is 0 Å². The largest absolute Gasteiger partial charge is 0.315 e. The van der Waals surface area contributed by atoms with E-state index in [4.69, 9.17) is 0 Å². The summed E-state index contributed by atoms with van der Waals surface area (Å²) in [6.07, 6.45) is 8.40. The number of nitrogens with one attached hydrogen (secondary N) is 1. The summed E-state index contributed by atoms with van der Waals surface area (Å²) >= 11 is 0. The molecule has 0 amide bonds. The van der Waals surface area contributed by atoms with Crippen molar-refractivity contribution in [3.8, 4) is 0 Å². The van der Waals surface area contributed by atoms with Crippen LogP contribution >= 0.6 is 0 Å². The van der Waals surface area contributed by atoms with Gasteiger partial charge in [-0.05, 0) is 51.1 Å². The van der Waals surface area contributed by atoms with Crippen LogP contribution in [0.5, 0.6) is 0 Å². The van der Waals surface area contributed by atoms with Gasteiger partial charge in [0, 0.05) is 18.6 Å². The maximum absolute atomic E-state index is 3.48. The number of hydrogen-bond acceptors (Lipinski definition) is 2. The van der Waals surface area contributed by atoms with Crippen LogP contribution in [0.4, 0.5) is 0 Å². The molecular formula is C14H28N2. The summed E-state index contributed by atoms with van der Waals surface area (Å²) in [5.41, 5.74) is 0.587. The minimum absolute atomic E-state index is 0.587. The van der Waals surface area contributed by atoms with Gasteiger partial charge in [-0.15, -0.1) is 0 Å². The molecule has 2 heteroatoms. The molecule has 1 heterocycles. The average Bonchev–Trinajstić information content (AvgIpc) is 2.69. The molecular weight excluding hydrogens is 196 g/mol. The highest BCUT2D eigenvalue weighted by atomic mass is 15.2. The summed E-state index contributed by atoms with van der Waals surface area (Å²) in [6, 6.07) is 1.64. The van der Waals surface area contributed by atoms with Gasteiger partial charge in [0.05, 0.1) is 0 Å². The summed E-state index contributed by atoms with van der Waals surface area (Å²) in [4.78, 5) is 2.67. The van der Waals surface area contributed by atoms with Gasteiger partial charge in [0.25, 0.3) is 0 Å². The van der Waals surface area contributed by atoms with Crippen molar-refractivity contribution >= 4 is 0 Å². The highest BCUT2D eigenvalue weighted by molar-refractivity contribution is 4.86. The lowest BCUT2D eigenvalue weighted by molar-refractivity contribution is 0.163. The number of rotatable bonds is 2. The molecule has 2 rings (SSSR count). The van der Waals surface area contributed by atoms with Gasteiger partial charge in [-0.25, -0.2) is 0 Å². The van der Waals surface area contributed by atoms with Crippen LogP contribution in [0, 0.1) is 5.41 Å². The van der Waals surface area contributed by atoms with Crippen molar-refractivity contribution in [1.29, 1.82) is 0 Å². The normalized spacial score (nSPS) is 35.2. The van der Waals surface area contributed by atoms with Crippen molar-refractivity contribution in [2.45, 2.75) is 64.5 Å². The second-order valence-corrected chi connectivity index (χ2v) is 6.56. The molecule has 2 nitrogen and oxygen atoms in total. The summed E-state index contributed by atoms with van der Waals surface area (Å²) < 4.78 is 0. The van der Waals surface area contributed by atoms with Gasteiger partial charge in [0.15, 0.2) is 0 Å². The SMILES string of the molecule is CN(C1CCCC(C)(C)CC1)C1CCNC1. The van der Waals surface area contributed by atoms with Crippen LogP contribution in [-0.2, 0) is 0 Å². The monoisotopic (exact) mass is 224 g/mol. The van der Waals surface area contributed by atoms with Crippen molar-refractivity contribution in [2.24, 2.45) is 5.41 Å². The molecule has 1 aliphatic heterocycles. The third kappa shape index (κ3) is 2.98. The first-order chi connectivity index (χ1) is 7.58. The zero-order chi connectivity index (χ0) is 11.6. The van der Waals surface area contributed by atoms with Gasteiger partial charge in [-0.1, -0.05) is 20.3 Å². The molecule has 94 valence electrons. The van der Waals surface area contributed by atoms with E-state index < -0.39 is 0 Å². The van der Waals surface area contributed by atoms with E-state index in [0.717, 1.165) is 12.1 Å². The molecule has 0 spiro atoms. The van der Waals surface area contributed by atoms with Crippen molar-refractivity contribution in [1.82, 2.24) is 10.2 Å². The van der Waals surface area contributed by atoms with Gasteiger partial charge < -0.3 is 5.32 Å². The molecule has 1 saturated carbocycles. The van der Waals surface area contributed by atoms with E-state index in [2.05, 4.69) is 31.1 Å². The van der Waals surface area contributed by atoms with E-state index >= 15 is 0 Å². The second-order valence-electron chi connectivity index (χ2n) is 6.56. The molecule has 1 N–H and O–H groups in total. The molecule has 1 saturated heterocycles. The Hall–Kier alpha value is -0.0800. The zero-order valence-electron chi connectivity index (χ0n) is 11.3. The lowest BCUT2D eigenvalue weighted by Crippen LogP contribution is -2.41. The second kappa shape index (κ2) is 5.05. The first kappa shape index (κ1) is 12.4. The van der Waals surface area contributed by atoms with Crippen LogP contribution in [0.3, 0.4) is 0 Å². The number of likely N-dealkylation sites (N-methyl/N-ethyl adjacent to an activating group) is 1. The van der Waals surface area contributed by atoms with Gasteiger partial charge in [-0.3, -0.25) is 4.90 Å². The quantitative estimate of drug-likeness (QED) is 0.725. The molecule has 0 radical (unpaired) electrons. The maximum Gasteiger partial charge on any atom is 0.0232 e. The standard InChI is InChI=1S/C14H28N2/c1-14(2)8-4-5-12(6-9-14)16(3)13-7-10-15-11-13/h12-13,15H,4-11H2,1-3H3. The van der Waals surface area contributed by atoms with Gasteiger partial charge in [0.1, 0.15) is 0 Å². The lowest BCUT2D eigenvalue weighted by atomic mass is 9.85. The van der Waals surface area contributed by atoms with E-state index in [1.807, 2.05) is 0 Å². The Morgan fingerprint density at radius 2 is 1.88 bits per heavy atom. The Balaban J connectivity index is 1.88. The third-order valence-electron chi connectivity index (χ3n) is 4.73. The Morgan fingerprint density at radius 1 is 1.06 bits per heavy atom. The molecule has 0 aromatic carbocycles. The van der Waals surface area contributed by atoms with Crippen LogP contribution in [0.25, 0.3) is 0 Å². The fourth-order valence-electron chi connectivity index (χ4n) is 3.34. The van der Waals surface area contributed by atoms with Crippen molar-refractivity contribution < 1.29 is 0 Å². The molecule has 0 bridgehead atoms. The fraction of sp³-hybridized carbons (Fsp3) is 1.00. The van der Waals surface area contributed by atoms with Crippen LogP contribution in [0.15, 0.2) is 0 Å². The van der Waals surface area contributed by atoms with Crippen LogP contribution in [-0.4, -0.2) is 37.1 Å². The Morgan fingerprint density at radius 3 is 2.56 bits per heavy atom. The summed E-state index contributed by atoms with van der Waals surface area (Å²) in [6.45, 7) is 7.29. The zero-order valence-corrected chi connectivity index (χ0v) is 11.3. The first-order valence-corrected chi connectivity index (χ1v) is 7.01. The summed E-state index contributed by atoms with van der Waals surface area (Å²) in [7, 11) is 2.35. The Bertz CT molecular complexity index is 219. The molecule has 2 atom stereocenters. The smallest absolute Gasteiger partial charge is 0.0232 e. The van der Waals surface area contributed by atoms with Crippen LogP contribution in [0.2, 0.25) is 0 Å². The molecule has 0 aromatic rings. The minimum Gasteiger partial charge on any atom is -0.315 e. The number of hydrogen-bond donors (Lipinski definition) is 1.